The highest BCUT2D eigenvalue weighted by Crippen LogP contribution is 2.37. The minimum Gasteiger partial charge on any atom is -0.490 e. The van der Waals surface area contributed by atoms with Crippen molar-refractivity contribution in [3.05, 3.63) is 24.3 Å². The van der Waals surface area contributed by atoms with E-state index in [0.717, 1.165) is 11.1 Å². The van der Waals surface area contributed by atoms with Crippen LogP contribution in [0.4, 0.5) is 4.79 Å². The Morgan fingerprint density at radius 2 is 2.05 bits per heavy atom. The molecular weight excluding hydrogens is 377 g/mol. The topological polar surface area (TPSA) is 73.6 Å². The molecule has 0 aliphatic heterocycles. The largest absolute Gasteiger partial charge is 0.490 e. The fraction of sp³-hybridized carbons (Fsp3) is 0.364. The summed E-state index contributed by atoms with van der Waals surface area (Å²) in [5.41, 5.74) is 4.63. The Balaban J connectivity index is 2.20. The minimum absolute atomic E-state index is 0.189. The van der Waals surface area contributed by atoms with Crippen LogP contribution in [0.15, 0.2) is 24.3 Å². The molecule has 1 unspecified atom stereocenters. The summed E-state index contributed by atoms with van der Waals surface area (Å²) < 4.78 is 10.3. The van der Waals surface area contributed by atoms with Gasteiger partial charge in [0, 0.05) is 13.1 Å². The van der Waals surface area contributed by atoms with Gasteiger partial charge in [0.15, 0.2) is 0 Å². The molecule has 1 atom stereocenters. The van der Waals surface area contributed by atoms with Crippen molar-refractivity contribution in [1.29, 1.82) is 0 Å². The molecule has 0 aliphatic carbocycles. The fourth-order valence-corrected chi connectivity index (χ4v) is 2.60. The van der Waals surface area contributed by atoms with Crippen LogP contribution in [0.25, 0.3) is 0 Å². The maximum atomic E-state index is 11.1. The van der Waals surface area contributed by atoms with Gasteiger partial charge in [-0.2, -0.15) is 0 Å². The number of nitrogens with two attached hydrogens (primary N) is 1. The molecule has 0 heterocycles. The monoisotopic (exact) mass is 392 g/mol. The van der Waals surface area contributed by atoms with E-state index < -0.39 is 11.5 Å². The summed E-state index contributed by atoms with van der Waals surface area (Å²) in [5.74, 6) is 0.725. The molecule has 1 amide bonds. The molecule has 1 rings (SSSR count). The second kappa shape index (κ2) is 9.39. The summed E-state index contributed by atoms with van der Waals surface area (Å²) >= 11 is 2.20. The van der Waals surface area contributed by atoms with Crippen LogP contribution in [0.5, 0.6) is 5.75 Å². The van der Waals surface area contributed by atoms with Crippen molar-refractivity contribution in [3.63, 3.8) is 0 Å². The maximum Gasteiger partial charge on any atom is 0.407 e. The van der Waals surface area contributed by atoms with Crippen LogP contribution in [-0.4, -0.2) is 40.0 Å². The predicted molar refractivity (Wildman–Crippen MR) is 86.7 cm³/mol. The smallest absolute Gasteiger partial charge is 0.407 e. The van der Waals surface area contributed by atoms with Crippen LogP contribution in [0.1, 0.15) is 0 Å². The van der Waals surface area contributed by atoms with E-state index in [9.17, 15) is 4.79 Å². The van der Waals surface area contributed by atoms with Crippen LogP contribution in [0, 0.1) is 0 Å². The molecule has 0 aliphatic rings. The van der Waals surface area contributed by atoms with Crippen molar-refractivity contribution < 1.29 is 14.3 Å². The van der Waals surface area contributed by atoms with E-state index in [4.69, 9.17) is 22.8 Å². The Morgan fingerprint density at radius 3 is 2.63 bits per heavy atom. The number of nitrogens with one attached hydrogen (secondary N) is 1. The molecule has 0 spiro atoms. The highest BCUT2D eigenvalue weighted by atomic mass is 127. The average Bonchev–Trinajstić information content (AvgIpc) is 2.41. The molecule has 1 aromatic rings. The molecule has 0 fully saturated rings. The molecule has 0 bridgehead atoms. The third-order valence-corrected chi connectivity index (χ3v) is 4.54. The lowest BCUT2D eigenvalue weighted by Crippen LogP contribution is -2.30. The van der Waals surface area contributed by atoms with E-state index in [2.05, 4.69) is 27.4 Å². The number of carbonyl (C=O) groups excluding carboxylic acids is 1. The molecule has 0 saturated carbocycles. The third kappa shape index (κ3) is 6.99. The first-order valence-electron chi connectivity index (χ1n) is 5.67. The van der Waals surface area contributed by atoms with Gasteiger partial charge in [-0.05, 0) is 17.4 Å². The highest BCUT2D eigenvalue weighted by Gasteiger charge is 2.02. The first-order chi connectivity index (χ1) is 9.13. The van der Waals surface area contributed by atoms with Gasteiger partial charge in [-0.25, -0.2) is 4.79 Å². The summed E-state index contributed by atoms with van der Waals surface area (Å²) in [6.45, 7) is 1.28. The summed E-state index contributed by atoms with van der Waals surface area (Å²) in [6, 6.07) is 7.57. The Kier molecular flexibility index (Phi) is 8.17. The SMILES string of the molecule is [B]P(I)c1ccc(OCCOC(=O)NCCN)cc1. The van der Waals surface area contributed by atoms with Crippen LogP contribution < -0.4 is 21.1 Å². The molecular formula is C11H15BIN2O3P. The van der Waals surface area contributed by atoms with Gasteiger partial charge in [0.05, 0.1) is 0 Å². The van der Waals surface area contributed by atoms with E-state index in [1.807, 2.05) is 24.3 Å². The number of benzene rings is 1. The zero-order valence-corrected chi connectivity index (χ0v) is 13.4. The second-order valence-corrected chi connectivity index (χ2v) is 7.76. The lowest BCUT2D eigenvalue weighted by molar-refractivity contribution is 0.125. The maximum absolute atomic E-state index is 11.1. The molecule has 1 aromatic carbocycles. The van der Waals surface area contributed by atoms with Crippen LogP contribution in [0.2, 0.25) is 0 Å². The lowest BCUT2D eigenvalue weighted by atomic mass is 10.3. The van der Waals surface area contributed by atoms with Crippen molar-refractivity contribution in [2.24, 2.45) is 5.73 Å². The highest BCUT2D eigenvalue weighted by molar-refractivity contribution is 14.2. The van der Waals surface area contributed by atoms with Crippen molar-refractivity contribution >= 4 is 46.4 Å². The van der Waals surface area contributed by atoms with Crippen molar-refractivity contribution in [1.82, 2.24) is 5.32 Å². The quantitative estimate of drug-likeness (QED) is 0.318. The molecule has 2 radical (unpaired) electrons. The molecule has 0 saturated heterocycles. The Labute approximate surface area is 128 Å². The number of rotatable bonds is 7. The van der Waals surface area contributed by atoms with E-state index in [1.165, 1.54) is 0 Å². The number of amides is 1. The van der Waals surface area contributed by atoms with Gasteiger partial charge < -0.3 is 20.5 Å². The number of ether oxygens (including phenoxy) is 2. The minimum atomic E-state index is -0.612. The number of carbonyl (C=O) groups is 1. The average molecular weight is 392 g/mol. The zero-order chi connectivity index (χ0) is 14.1. The molecule has 5 nitrogen and oxygen atoms in total. The Morgan fingerprint density at radius 1 is 1.37 bits per heavy atom. The second-order valence-electron chi connectivity index (χ2n) is 3.50. The van der Waals surface area contributed by atoms with Gasteiger partial charge in [-0.3, -0.25) is 0 Å². The lowest BCUT2D eigenvalue weighted by Gasteiger charge is -2.09. The normalized spacial score (nSPS) is 11.7. The van der Waals surface area contributed by atoms with Crippen molar-refractivity contribution in [2.45, 2.75) is 0 Å². The van der Waals surface area contributed by atoms with E-state index >= 15 is 0 Å². The van der Waals surface area contributed by atoms with Gasteiger partial charge in [-0.1, -0.05) is 39.6 Å². The fourth-order valence-electron chi connectivity index (χ4n) is 1.20. The van der Waals surface area contributed by atoms with Gasteiger partial charge in [0.1, 0.15) is 26.5 Å². The number of halogens is 1. The Bertz CT molecular complexity index is 392. The molecule has 3 N–H and O–H groups in total. The third-order valence-electron chi connectivity index (χ3n) is 2.08. The van der Waals surface area contributed by atoms with Crippen molar-refractivity contribution in [2.75, 3.05) is 26.3 Å². The number of alkyl carbamates (subject to hydrolysis) is 1. The van der Waals surface area contributed by atoms with Gasteiger partial charge in [0.2, 0.25) is 0 Å². The summed E-state index contributed by atoms with van der Waals surface area (Å²) in [5, 5.41) is 3.59. The van der Waals surface area contributed by atoms with Crippen LogP contribution >= 0.6 is 27.5 Å². The van der Waals surface area contributed by atoms with Crippen LogP contribution in [0.3, 0.4) is 0 Å². The van der Waals surface area contributed by atoms with Gasteiger partial charge in [0.25, 0.3) is 0 Å². The standard InChI is InChI=1S/C11H15BIN2O3P/c12-19(13)10-3-1-9(2-4-10)17-7-8-18-11(16)15-6-5-14/h1-4H,5-8,14H2,(H,15,16). The van der Waals surface area contributed by atoms with Crippen LogP contribution in [-0.2, 0) is 4.74 Å². The first-order valence-corrected chi connectivity index (χ1v) is 9.87. The number of hydrogen-bond acceptors (Lipinski definition) is 4. The predicted octanol–water partition coefficient (Wildman–Crippen LogP) is 1.29. The van der Waals surface area contributed by atoms with E-state index in [1.54, 1.807) is 0 Å². The number of hydrogen-bond donors (Lipinski definition) is 2. The zero-order valence-electron chi connectivity index (χ0n) is 10.3. The van der Waals surface area contributed by atoms with Crippen molar-refractivity contribution in [3.8, 4) is 5.75 Å². The summed E-state index contributed by atoms with van der Waals surface area (Å²) in [6.07, 6.45) is -0.483. The molecule has 8 heteroatoms. The van der Waals surface area contributed by atoms with Gasteiger partial charge in [-0.15, -0.1) is 0 Å². The van der Waals surface area contributed by atoms with E-state index in [-0.39, 0.29) is 6.61 Å². The molecule has 0 aromatic heterocycles. The molecule has 102 valence electrons. The first kappa shape index (κ1) is 16.5. The Hall–Kier alpha value is -0.525. The van der Waals surface area contributed by atoms with E-state index in [0.29, 0.717) is 19.7 Å². The molecule has 19 heavy (non-hydrogen) atoms. The van der Waals surface area contributed by atoms with Gasteiger partial charge >= 0.3 is 6.09 Å². The summed E-state index contributed by atoms with van der Waals surface area (Å²) in [4.78, 5) is 11.1. The summed E-state index contributed by atoms with van der Waals surface area (Å²) in [7, 11) is 5.80.